The van der Waals surface area contributed by atoms with E-state index in [9.17, 15) is 0 Å². The predicted molar refractivity (Wildman–Crippen MR) is 77.3 cm³/mol. The zero-order valence-corrected chi connectivity index (χ0v) is 11.7. The van der Waals surface area contributed by atoms with Crippen molar-refractivity contribution in [1.82, 2.24) is 0 Å². The van der Waals surface area contributed by atoms with Crippen molar-refractivity contribution in [2.24, 2.45) is 0 Å². The molecule has 0 bridgehead atoms. The molecule has 1 heteroatoms. The quantitative estimate of drug-likeness (QED) is 0.626. The monoisotopic (exact) mass is 288 g/mol. The maximum Gasteiger partial charge on any atom is 0.0175 e. The Morgan fingerprint density at radius 1 is 0.941 bits per heavy atom. The molecule has 0 spiro atoms. The molecule has 88 valence electrons. The summed E-state index contributed by atoms with van der Waals surface area (Å²) in [6.07, 6.45) is 2.64. The molecule has 3 rings (SSSR count). The number of hydrogen-bond donors (Lipinski definition) is 0. The van der Waals surface area contributed by atoms with E-state index in [1.807, 2.05) is 30.3 Å². The van der Waals surface area contributed by atoms with Gasteiger partial charge in [-0.25, -0.2) is 0 Å². The lowest BCUT2D eigenvalue weighted by Gasteiger charge is -2.01. The van der Waals surface area contributed by atoms with Crippen LogP contribution in [0.25, 0.3) is 0 Å². The number of halogens is 1. The molecule has 1 aliphatic rings. The Balaban J connectivity index is 0.000000136. The van der Waals surface area contributed by atoms with E-state index >= 15 is 0 Å². The minimum Gasteiger partial charge on any atom is -0.0622 e. The van der Waals surface area contributed by atoms with Gasteiger partial charge in [-0.15, -0.1) is 0 Å². The van der Waals surface area contributed by atoms with E-state index in [1.165, 1.54) is 12.8 Å². The number of benzene rings is 2. The minimum absolute atomic E-state index is 0.802. The van der Waals surface area contributed by atoms with Crippen molar-refractivity contribution in [3.05, 3.63) is 70.2 Å². The third-order valence-corrected chi connectivity index (χ3v) is 3.69. The number of fused-ring (bicyclic) bond motifs is 1. The molecule has 0 aromatic heterocycles. The standard InChI is InChI=1S/C10H12.C6H5Br/c1-8-6-7-9-4-2-3-5-10(8)9;7-6-4-2-1-3-5-6/h2-5,8H,6-7H2,1H3;1-5H. The lowest BCUT2D eigenvalue weighted by atomic mass is 10.0. The highest BCUT2D eigenvalue weighted by Gasteiger charge is 2.16. The zero-order chi connectivity index (χ0) is 12.1. The lowest BCUT2D eigenvalue weighted by molar-refractivity contribution is 0.747. The van der Waals surface area contributed by atoms with Gasteiger partial charge in [-0.2, -0.15) is 0 Å². The molecule has 0 fully saturated rings. The van der Waals surface area contributed by atoms with Gasteiger partial charge in [0.15, 0.2) is 0 Å². The molecule has 0 heterocycles. The summed E-state index contributed by atoms with van der Waals surface area (Å²) in [5.74, 6) is 0.802. The molecular weight excluding hydrogens is 272 g/mol. The second-order valence-corrected chi connectivity index (χ2v) is 5.35. The second kappa shape index (κ2) is 6.02. The fourth-order valence-electron chi connectivity index (χ4n) is 2.18. The van der Waals surface area contributed by atoms with E-state index in [1.54, 1.807) is 11.1 Å². The molecule has 0 saturated heterocycles. The van der Waals surface area contributed by atoms with Gasteiger partial charge in [-0.05, 0) is 42.0 Å². The van der Waals surface area contributed by atoms with Gasteiger partial charge in [0.1, 0.15) is 0 Å². The Bertz CT molecular complexity index is 462. The Labute approximate surface area is 112 Å². The van der Waals surface area contributed by atoms with Crippen LogP contribution < -0.4 is 0 Å². The molecule has 0 aliphatic heterocycles. The van der Waals surface area contributed by atoms with Crippen LogP contribution in [0.3, 0.4) is 0 Å². The summed E-state index contributed by atoms with van der Waals surface area (Å²) in [7, 11) is 0. The van der Waals surface area contributed by atoms with Crippen molar-refractivity contribution in [3.8, 4) is 0 Å². The first-order valence-electron chi connectivity index (χ1n) is 6.05. The van der Waals surface area contributed by atoms with Gasteiger partial charge in [0, 0.05) is 4.47 Å². The van der Waals surface area contributed by atoms with Crippen LogP contribution in [0.15, 0.2) is 59.1 Å². The smallest absolute Gasteiger partial charge is 0.0175 e. The predicted octanol–water partition coefficient (Wildman–Crippen LogP) is 5.19. The molecule has 1 aliphatic carbocycles. The maximum absolute atomic E-state index is 3.31. The fraction of sp³-hybridized carbons (Fsp3) is 0.250. The topological polar surface area (TPSA) is 0 Å². The third-order valence-electron chi connectivity index (χ3n) is 3.17. The molecule has 2 aromatic carbocycles. The Hall–Kier alpha value is -1.08. The van der Waals surface area contributed by atoms with E-state index in [0.717, 1.165) is 10.4 Å². The lowest BCUT2D eigenvalue weighted by Crippen LogP contribution is -1.83. The van der Waals surface area contributed by atoms with Crippen LogP contribution in [0.1, 0.15) is 30.4 Å². The molecule has 0 radical (unpaired) electrons. The van der Waals surface area contributed by atoms with Gasteiger partial charge >= 0.3 is 0 Å². The van der Waals surface area contributed by atoms with Crippen LogP contribution in [0.4, 0.5) is 0 Å². The van der Waals surface area contributed by atoms with E-state index in [-0.39, 0.29) is 0 Å². The first-order valence-corrected chi connectivity index (χ1v) is 6.85. The van der Waals surface area contributed by atoms with Gasteiger partial charge in [0.05, 0.1) is 0 Å². The van der Waals surface area contributed by atoms with Crippen LogP contribution in [0.2, 0.25) is 0 Å². The number of hydrogen-bond acceptors (Lipinski definition) is 0. The summed E-state index contributed by atoms with van der Waals surface area (Å²) in [5.41, 5.74) is 3.14. The Morgan fingerprint density at radius 3 is 2.18 bits per heavy atom. The first kappa shape index (κ1) is 12.4. The molecule has 0 N–H and O–H groups in total. The van der Waals surface area contributed by atoms with Crippen molar-refractivity contribution < 1.29 is 0 Å². The van der Waals surface area contributed by atoms with Crippen LogP contribution >= 0.6 is 15.9 Å². The van der Waals surface area contributed by atoms with Crippen LogP contribution in [-0.2, 0) is 6.42 Å². The summed E-state index contributed by atoms with van der Waals surface area (Å²) >= 11 is 3.31. The van der Waals surface area contributed by atoms with E-state index in [0.29, 0.717) is 0 Å². The molecule has 1 unspecified atom stereocenters. The Morgan fingerprint density at radius 2 is 1.59 bits per heavy atom. The second-order valence-electron chi connectivity index (χ2n) is 4.43. The maximum atomic E-state index is 3.31. The van der Waals surface area contributed by atoms with Gasteiger partial charge in [0.2, 0.25) is 0 Å². The zero-order valence-electron chi connectivity index (χ0n) is 10.1. The molecular formula is C16H17Br. The molecule has 17 heavy (non-hydrogen) atoms. The average molecular weight is 289 g/mol. The van der Waals surface area contributed by atoms with Crippen molar-refractivity contribution >= 4 is 15.9 Å². The van der Waals surface area contributed by atoms with E-state index in [2.05, 4.69) is 47.1 Å². The fourth-order valence-corrected chi connectivity index (χ4v) is 2.49. The average Bonchev–Trinajstić information content (AvgIpc) is 2.74. The Kier molecular flexibility index (Phi) is 4.38. The normalized spacial score (nSPS) is 16.9. The van der Waals surface area contributed by atoms with Crippen LogP contribution in [-0.4, -0.2) is 0 Å². The SMILES string of the molecule is Brc1ccccc1.CC1CCc2ccccc21. The summed E-state index contributed by atoms with van der Waals surface area (Å²) in [4.78, 5) is 0. The number of rotatable bonds is 0. The molecule has 1 atom stereocenters. The van der Waals surface area contributed by atoms with Gasteiger partial charge < -0.3 is 0 Å². The highest BCUT2D eigenvalue weighted by Crippen LogP contribution is 2.31. The highest BCUT2D eigenvalue weighted by atomic mass is 79.9. The van der Waals surface area contributed by atoms with Crippen molar-refractivity contribution in [2.45, 2.75) is 25.7 Å². The third kappa shape index (κ3) is 3.44. The van der Waals surface area contributed by atoms with Gasteiger partial charge in [0.25, 0.3) is 0 Å². The van der Waals surface area contributed by atoms with Crippen LogP contribution in [0, 0.1) is 0 Å². The largest absolute Gasteiger partial charge is 0.0622 e. The molecule has 0 amide bonds. The van der Waals surface area contributed by atoms with E-state index in [4.69, 9.17) is 0 Å². The summed E-state index contributed by atoms with van der Waals surface area (Å²) in [6.45, 7) is 2.31. The summed E-state index contributed by atoms with van der Waals surface area (Å²) in [5, 5.41) is 0. The van der Waals surface area contributed by atoms with Crippen molar-refractivity contribution in [2.75, 3.05) is 0 Å². The molecule has 2 aromatic rings. The van der Waals surface area contributed by atoms with Gasteiger partial charge in [-0.3, -0.25) is 0 Å². The van der Waals surface area contributed by atoms with E-state index < -0.39 is 0 Å². The summed E-state index contributed by atoms with van der Waals surface area (Å²) in [6, 6.07) is 18.8. The van der Waals surface area contributed by atoms with Gasteiger partial charge in [-0.1, -0.05) is 65.3 Å². The van der Waals surface area contributed by atoms with Crippen molar-refractivity contribution in [3.63, 3.8) is 0 Å². The van der Waals surface area contributed by atoms with Crippen LogP contribution in [0.5, 0.6) is 0 Å². The highest BCUT2D eigenvalue weighted by molar-refractivity contribution is 9.10. The summed E-state index contributed by atoms with van der Waals surface area (Å²) < 4.78 is 1.13. The molecule has 0 nitrogen and oxygen atoms in total. The molecule has 0 saturated carbocycles. The number of aryl methyl sites for hydroxylation is 1. The van der Waals surface area contributed by atoms with Crippen molar-refractivity contribution in [1.29, 1.82) is 0 Å². The first-order chi connectivity index (χ1) is 8.27. The minimum atomic E-state index is 0.802.